The van der Waals surface area contributed by atoms with Gasteiger partial charge in [0, 0.05) is 26.2 Å². The molecular formula is C20H26N2O5S. The summed E-state index contributed by atoms with van der Waals surface area (Å²) >= 11 is 0. The summed E-state index contributed by atoms with van der Waals surface area (Å²) in [6.45, 7) is 3.00. The Kier molecular flexibility index (Phi) is 4.95. The molecule has 4 atom stereocenters. The second kappa shape index (κ2) is 7.15. The molecule has 0 aromatic heterocycles. The van der Waals surface area contributed by atoms with Gasteiger partial charge in [-0.3, -0.25) is 9.59 Å². The lowest BCUT2D eigenvalue weighted by molar-refractivity contribution is -0.153. The van der Waals surface area contributed by atoms with E-state index in [0.717, 1.165) is 24.8 Å². The molecule has 152 valence electrons. The van der Waals surface area contributed by atoms with E-state index in [0.29, 0.717) is 13.1 Å². The number of carboxylic acid groups (broad SMARTS) is 1. The Morgan fingerprint density at radius 2 is 1.54 bits per heavy atom. The van der Waals surface area contributed by atoms with E-state index in [2.05, 4.69) is 0 Å². The highest BCUT2D eigenvalue weighted by Gasteiger charge is 2.55. The van der Waals surface area contributed by atoms with Crippen molar-refractivity contribution < 1.29 is 23.1 Å². The van der Waals surface area contributed by atoms with Crippen LogP contribution in [0.4, 0.5) is 0 Å². The van der Waals surface area contributed by atoms with Crippen molar-refractivity contribution in [3.63, 3.8) is 0 Å². The fourth-order valence-electron chi connectivity index (χ4n) is 5.22. The molecule has 1 aliphatic heterocycles. The van der Waals surface area contributed by atoms with E-state index in [4.69, 9.17) is 0 Å². The molecular weight excluding hydrogens is 380 g/mol. The van der Waals surface area contributed by atoms with Gasteiger partial charge in [0.15, 0.2) is 0 Å². The minimum Gasteiger partial charge on any atom is -0.481 e. The average molecular weight is 407 g/mol. The third-order valence-corrected chi connectivity index (χ3v) is 8.61. The predicted molar refractivity (Wildman–Crippen MR) is 102 cm³/mol. The van der Waals surface area contributed by atoms with Gasteiger partial charge in [0.25, 0.3) is 0 Å². The lowest BCUT2D eigenvalue weighted by Crippen LogP contribution is -2.53. The Balaban J connectivity index is 1.43. The smallest absolute Gasteiger partial charge is 0.307 e. The number of amides is 1. The minimum absolute atomic E-state index is 0.105. The van der Waals surface area contributed by atoms with Crippen LogP contribution in [0.1, 0.15) is 24.8 Å². The summed E-state index contributed by atoms with van der Waals surface area (Å²) in [5.41, 5.74) is 0.994. The van der Waals surface area contributed by atoms with Crippen molar-refractivity contribution in [1.29, 1.82) is 0 Å². The van der Waals surface area contributed by atoms with Crippen LogP contribution in [0.2, 0.25) is 0 Å². The van der Waals surface area contributed by atoms with Crippen LogP contribution in [-0.4, -0.2) is 60.8 Å². The number of carbonyl (C=O) groups excluding carboxylic acids is 1. The normalized spacial score (nSPS) is 30.5. The first-order valence-corrected chi connectivity index (χ1v) is 11.3. The van der Waals surface area contributed by atoms with Gasteiger partial charge in [-0.15, -0.1) is 0 Å². The molecule has 3 aliphatic rings. The number of hydrogen-bond acceptors (Lipinski definition) is 4. The standard InChI is InChI=1S/C20H26N2O5S/c1-13-2-6-16(7-3-13)28(26,27)22-10-8-21(9-11-22)19(23)17-14-4-5-15(12-14)18(17)20(24)25/h2-3,6-7,14-15,17-18H,4-5,8-12H2,1H3,(H,24,25)/t14-,15-,17-,18-/m0/s1. The topological polar surface area (TPSA) is 95.0 Å². The van der Waals surface area contributed by atoms with Gasteiger partial charge >= 0.3 is 5.97 Å². The fourth-order valence-corrected chi connectivity index (χ4v) is 6.64. The van der Waals surface area contributed by atoms with E-state index in [1.807, 2.05) is 6.92 Å². The van der Waals surface area contributed by atoms with Gasteiger partial charge in [0.2, 0.25) is 15.9 Å². The molecule has 1 amide bonds. The lowest BCUT2D eigenvalue weighted by Gasteiger charge is -2.37. The zero-order valence-electron chi connectivity index (χ0n) is 16.0. The van der Waals surface area contributed by atoms with Crippen molar-refractivity contribution in [1.82, 2.24) is 9.21 Å². The maximum atomic E-state index is 13.1. The molecule has 0 radical (unpaired) electrons. The molecule has 0 spiro atoms. The largest absolute Gasteiger partial charge is 0.481 e. The van der Waals surface area contributed by atoms with Crippen LogP contribution in [-0.2, 0) is 19.6 Å². The van der Waals surface area contributed by atoms with Gasteiger partial charge in [-0.1, -0.05) is 17.7 Å². The number of benzene rings is 1. The van der Waals surface area contributed by atoms with Crippen molar-refractivity contribution in [2.75, 3.05) is 26.2 Å². The lowest BCUT2D eigenvalue weighted by atomic mass is 9.78. The zero-order chi connectivity index (χ0) is 20.1. The number of hydrogen-bond donors (Lipinski definition) is 1. The molecule has 2 bridgehead atoms. The van der Waals surface area contributed by atoms with Crippen LogP contribution >= 0.6 is 0 Å². The molecule has 28 heavy (non-hydrogen) atoms. The highest BCUT2D eigenvalue weighted by atomic mass is 32.2. The van der Waals surface area contributed by atoms with Crippen LogP contribution in [0.25, 0.3) is 0 Å². The Morgan fingerprint density at radius 3 is 2.11 bits per heavy atom. The first-order valence-electron chi connectivity index (χ1n) is 9.87. The zero-order valence-corrected chi connectivity index (χ0v) is 16.8. The van der Waals surface area contributed by atoms with E-state index >= 15 is 0 Å². The maximum Gasteiger partial charge on any atom is 0.307 e. The van der Waals surface area contributed by atoms with E-state index in [1.165, 1.54) is 4.31 Å². The summed E-state index contributed by atoms with van der Waals surface area (Å²) in [4.78, 5) is 26.7. The molecule has 4 rings (SSSR count). The first kappa shape index (κ1) is 19.4. The van der Waals surface area contributed by atoms with Crippen molar-refractivity contribution in [2.45, 2.75) is 31.1 Å². The first-order chi connectivity index (χ1) is 13.3. The maximum absolute atomic E-state index is 13.1. The Bertz CT molecular complexity index is 874. The van der Waals surface area contributed by atoms with E-state index < -0.39 is 27.8 Å². The number of piperazine rings is 1. The minimum atomic E-state index is -3.58. The van der Waals surface area contributed by atoms with E-state index in [9.17, 15) is 23.1 Å². The van der Waals surface area contributed by atoms with Gasteiger partial charge in [0.1, 0.15) is 0 Å². The van der Waals surface area contributed by atoms with Crippen molar-refractivity contribution in [3.8, 4) is 0 Å². The van der Waals surface area contributed by atoms with Gasteiger partial charge in [-0.05, 0) is 50.2 Å². The number of carboxylic acids is 1. The number of nitrogens with zero attached hydrogens (tertiary/aromatic N) is 2. The second-order valence-corrected chi connectivity index (χ2v) is 10.2. The summed E-state index contributed by atoms with van der Waals surface area (Å²) < 4.78 is 27.1. The van der Waals surface area contributed by atoms with E-state index in [-0.39, 0.29) is 35.7 Å². The molecule has 1 aromatic carbocycles. The quantitative estimate of drug-likeness (QED) is 0.819. The number of sulfonamides is 1. The number of fused-ring (bicyclic) bond motifs is 2. The molecule has 3 fully saturated rings. The van der Waals surface area contributed by atoms with Gasteiger partial charge in [-0.2, -0.15) is 4.31 Å². The molecule has 8 heteroatoms. The van der Waals surface area contributed by atoms with E-state index in [1.54, 1.807) is 29.2 Å². The van der Waals surface area contributed by atoms with Crippen LogP contribution in [0.15, 0.2) is 29.2 Å². The molecule has 2 aliphatic carbocycles. The Hall–Kier alpha value is -1.93. The molecule has 1 saturated heterocycles. The van der Waals surface area contributed by atoms with Crippen LogP contribution in [0, 0.1) is 30.6 Å². The van der Waals surface area contributed by atoms with Gasteiger partial charge in [0.05, 0.1) is 16.7 Å². The summed E-state index contributed by atoms with van der Waals surface area (Å²) in [5.74, 6) is -1.73. The highest BCUT2D eigenvalue weighted by molar-refractivity contribution is 7.89. The third-order valence-electron chi connectivity index (χ3n) is 6.70. The van der Waals surface area contributed by atoms with Crippen LogP contribution < -0.4 is 0 Å². The molecule has 1 heterocycles. The highest BCUT2D eigenvalue weighted by Crippen LogP contribution is 2.53. The average Bonchev–Trinajstić information content (AvgIpc) is 3.29. The number of carbonyl (C=O) groups is 2. The Labute approximate surface area is 165 Å². The summed E-state index contributed by atoms with van der Waals surface area (Å²) in [7, 11) is -3.58. The molecule has 2 saturated carbocycles. The van der Waals surface area contributed by atoms with Crippen molar-refractivity contribution in [2.24, 2.45) is 23.7 Å². The molecule has 1 aromatic rings. The second-order valence-electron chi connectivity index (χ2n) is 8.27. The number of rotatable bonds is 4. The fraction of sp³-hybridized carbons (Fsp3) is 0.600. The predicted octanol–water partition coefficient (Wildman–Crippen LogP) is 1.57. The molecule has 1 N–H and O–H groups in total. The summed E-state index contributed by atoms with van der Waals surface area (Å²) in [5, 5.41) is 9.59. The van der Waals surface area contributed by atoms with Crippen LogP contribution in [0.5, 0.6) is 0 Å². The molecule has 0 unspecified atom stereocenters. The third kappa shape index (κ3) is 3.22. The molecule has 7 nitrogen and oxygen atoms in total. The van der Waals surface area contributed by atoms with Gasteiger partial charge < -0.3 is 10.0 Å². The monoisotopic (exact) mass is 406 g/mol. The summed E-state index contributed by atoms with van der Waals surface area (Å²) in [6.07, 6.45) is 2.65. The number of aliphatic carboxylic acids is 1. The van der Waals surface area contributed by atoms with Crippen molar-refractivity contribution >= 4 is 21.9 Å². The van der Waals surface area contributed by atoms with Crippen LogP contribution in [0.3, 0.4) is 0 Å². The van der Waals surface area contributed by atoms with Gasteiger partial charge in [-0.25, -0.2) is 8.42 Å². The summed E-state index contributed by atoms with van der Waals surface area (Å²) in [6, 6.07) is 6.76. The SMILES string of the molecule is Cc1ccc(S(=O)(=O)N2CCN(C(=O)[C@H]3[C@H]4CC[C@@H](C4)[C@@H]3C(=O)O)CC2)cc1. The Morgan fingerprint density at radius 1 is 0.964 bits per heavy atom. The number of aryl methyl sites for hydroxylation is 1. The van der Waals surface area contributed by atoms with Crippen molar-refractivity contribution in [3.05, 3.63) is 29.8 Å².